The molecule has 2 aromatic carbocycles. The summed E-state index contributed by atoms with van der Waals surface area (Å²) in [4.78, 5) is 27.9. The van der Waals surface area contributed by atoms with Crippen LogP contribution in [-0.4, -0.2) is 32.7 Å². The quantitative estimate of drug-likeness (QED) is 0.369. The smallest absolute Gasteiger partial charge is 0.336 e. The minimum atomic E-state index is -0.510. The summed E-state index contributed by atoms with van der Waals surface area (Å²) >= 11 is 1.54. The van der Waals surface area contributed by atoms with Gasteiger partial charge in [-0.2, -0.15) is 4.98 Å². The van der Waals surface area contributed by atoms with Crippen LogP contribution in [-0.2, 0) is 0 Å². The number of ether oxygens (including phenoxy) is 1. The molecule has 2 heterocycles. The molecule has 0 bridgehead atoms. The summed E-state index contributed by atoms with van der Waals surface area (Å²) < 4.78 is 6.84. The molecule has 1 amide bonds. The van der Waals surface area contributed by atoms with Gasteiger partial charge in [0.15, 0.2) is 5.82 Å². The third kappa shape index (κ3) is 3.89. The van der Waals surface area contributed by atoms with E-state index in [4.69, 9.17) is 4.74 Å². The van der Waals surface area contributed by atoms with Gasteiger partial charge in [0, 0.05) is 23.4 Å². The van der Waals surface area contributed by atoms with Crippen molar-refractivity contribution in [2.45, 2.75) is 0 Å². The highest BCUT2D eigenvalue weighted by molar-refractivity contribution is 7.13. The molecule has 1 N–H and O–H groups in total. The SMILES string of the molecule is COc1nc(-c2cccs2)n(-c2ccc(NC(=O)c3ccc([N+](=O)[O-])cc3)cc2)n1. The number of nitrogens with one attached hydrogen (secondary N) is 1. The van der Waals surface area contributed by atoms with Gasteiger partial charge in [-0.1, -0.05) is 6.07 Å². The topological polar surface area (TPSA) is 112 Å². The van der Waals surface area contributed by atoms with E-state index in [-0.39, 0.29) is 17.6 Å². The zero-order chi connectivity index (χ0) is 21.1. The van der Waals surface area contributed by atoms with E-state index in [2.05, 4.69) is 15.4 Å². The highest BCUT2D eigenvalue weighted by Crippen LogP contribution is 2.27. The van der Waals surface area contributed by atoms with Crippen LogP contribution < -0.4 is 10.1 Å². The van der Waals surface area contributed by atoms with Crippen molar-refractivity contribution in [3.8, 4) is 22.4 Å². The van der Waals surface area contributed by atoms with Gasteiger partial charge < -0.3 is 10.1 Å². The molecule has 0 saturated carbocycles. The molecule has 0 aliphatic heterocycles. The van der Waals surface area contributed by atoms with E-state index in [0.717, 1.165) is 10.6 Å². The van der Waals surface area contributed by atoms with Crippen molar-refractivity contribution in [1.29, 1.82) is 0 Å². The summed E-state index contributed by atoms with van der Waals surface area (Å²) in [6.45, 7) is 0. The van der Waals surface area contributed by atoms with E-state index in [9.17, 15) is 14.9 Å². The molecule has 4 rings (SSSR count). The second-order valence-electron chi connectivity index (χ2n) is 6.12. The Labute approximate surface area is 174 Å². The van der Waals surface area contributed by atoms with Crippen LogP contribution in [0.15, 0.2) is 66.0 Å². The van der Waals surface area contributed by atoms with Crippen LogP contribution in [0.1, 0.15) is 10.4 Å². The molecular weight excluding hydrogens is 406 g/mol. The lowest BCUT2D eigenvalue weighted by molar-refractivity contribution is -0.384. The van der Waals surface area contributed by atoms with Crippen LogP contribution in [0.2, 0.25) is 0 Å². The van der Waals surface area contributed by atoms with Crippen LogP contribution in [0.3, 0.4) is 0 Å². The maximum Gasteiger partial charge on any atom is 0.336 e. The average molecular weight is 421 g/mol. The molecule has 0 saturated heterocycles. The van der Waals surface area contributed by atoms with Crippen molar-refractivity contribution < 1.29 is 14.5 Å². The highest BCUT2D eigenvalue weighted by Gasteiger charge is 2.15. The van der Waals surface area contributed by atoms with E-state index in [1.54, 1.807) is 40.3 Å². The summed E-state index contributed by atoms with van der Waals surface area (Å²) in [6.07, 6.45) is 0. The third-order valence-electron chi connectivity index (χ3n) is 4.22. The van der Waals surface area contributed by atoms with Crippen molar-refractivity contribution in [3.05, 3.63) is 81.7 Å². The number of thiophene rings is 1. The first kappa shape index (κ1) is 19.3. The Morgan fingerprint density at radius 2 is 1.87 bits per heavy atom. The van der Waals surface area contributed by atoms with Crippen LogP contribution in [0.25, 0.3) is 16.4 Å². The molecule has 0 atom stereocenters. The third-order valence-corrected chi connectivity index (χ3v) is 5.09. The Morgan fingerprint density at radius 3 is 2.47 bits per heavy atom. The van der Waals surface area contributed by atoms with Gasteiger partial charge in [0.2, 0.25) is 0 Å². The highest BCUT2D eigenvalue weighted by atomic mass is 32.1. The van der Waals surface area contributed by atoms with Gasteiger partial charge in [-0.3, -0.25) is 14.9 Å². The van der Waals surface area contributed by atoms with Crippen molar-refractivity contribution >= 4 is 28.6 Å². The van der Waals surface area contributed by atoms with Gasteiger partial charge in [-0.05, 0) is 47.8 Å². The monoisotopic (exact) mass is 421 g/mol. The molecule has 4 aromatic rings. The molecule has 0 radical (unpaired) electrons. The molecule has 0 aliphatic rings. The number of hydrogen-bond donors (Lipinski definition) is 1. The van der Waals surface area contributed by atoms with E-state index in [0.29, 0.717) is 17.1 Å². The van der Waals surface area contributed by atoms with Crippen LogP contribution in [0.5, 0.6) is 6.01 Å². The fourth-order valence-electron chi connectivity index (χ4n) is 2.75. The zero-order valence-corrected chi connectivity index (χ0v) is 16.5. The second-order valence-corrected chi connectivity index (χ2v) is 7.06. The number of nitrogens with zero attached hydrogens (tertiary/aromatic N) is 4. The fourth-order valence-corrected chi connectivity index (χ4v) is 3.45. The summed E-state index contributed by atoms with van der Waals surface area (Å²) in [5, 5.41) is 19.8. The molecular formula is C20H15N5O4S. The molecule has 0 fully saturated rings. The van der Waals surface area contributed by atoms with Gasteiger partial charge >= 0.3 is 6.01 Å². The number of benzene rings is 2. The summed E-state index contributed by atoms with van der Waals surface area (Å²) in [5.74, 6) is 0.295. The number of methoxy groups -OCH3 is 1. The maximum atomic E-state index is 12.4. The molecule has 0 aliphatic carbocycles. The molecule has 0 unspecified atom stereocenters. The Kier molecular flexibility index (Phi) is 5.22. The molecule has 10 heteroatoms. The fraction of sp³-hybridized carbons (Fsp3) is 0.0500. The van der Waals surface area contributed by atoms with Crippen molar-refractivity contribution in [3.63, 3.8) is 0 Å². The number of nitro groups is 1. The van der Waals surface area contributed by atoms with E-state index in [1.807, 2.05) is 17.5 Å². The largest absolute Gasteiger partial charge is 0.466 e. The lowest BCUT2D eigenvalue weighted by Gasteiger charge is -2.08. The standard InChI is InChI=1S/C20H15N5O4S/c1-29-20-22-18(17-3-2-12-30-17)24(23-20)15-10-6-14(7-11-15)21-19(26)13-4-8-16(9-5-13)25(27)28/h2-12H,1H3,(H,21,26). The van der Waals surface area contributed by atoms with Gasteiger partial charge in [0.05, 0.1) is 22.6 Å². The Balaban J connectivity index is 1.54. The number of anilines is 1. The predicted octanol–water partition coefficient (Wildman–Crippen LogP) is 4.16. The number of rotatable bonds is 6. The Bertz CT molecular complexity index is 1190. The average Bonchev–Trinajstić information content (AvgIpc) is 3.44. The van der Waals surface area contributed by atoms with Crippen molar-refractivity contribution in [2.75, 3.05) is 12.4 Å². The van der Waals surface area contributed by atoms with Gasteiger partial charge in [-0.15, -0.1) is 16.4 Å². The Morgan fingerprint density at radius 1 is 1.13 bits per heavy atom. The molecule has 0 spiro atoms. The van der Waals surface area contributed by atoms with Gasteiger partial charge in [0.1, 0.15) is 0 Å². The molecule has 30 heavy (non-hydrogen) atoms. The maximum absolute atomic E-state index is 12.4. The van der Waals surface area contributed by atoms with E-state index < -0.39 is 4.92 Å². The Hall–Kier alpha value is -4.05. The second kappa shape index (κ2) is 8.13. The number of carbonyl (C=O) groups excluding carboxylic acids is 1. The van der Waals surface area contributed by atoms with Crippen LogP contribution in [0.4, 0.5) is 11.4 Å². The minimum absolute atomic E-state index is 0.0688. The van der Waals surface area contributed by atoms with Crippen molar-refractivity contribution in [1.82, 2.24) is 14.8 Å². The van der Waals surface area contributed by atoms with E-state index in [1.165, 1.54) is 31.4 Å². The number of aromatic nitrogens is 3. The number of non-ortho nitro benzene ring substituents is 1. The van der Waals surface area contributed by atoms with Crippen LogP contribution in [0, 0.1) is 10.1 Å². The summed E-state index contributed by atoms with van der Waals surface area (Å²) in [5.41, 5.74) is 1.58. The normalized spacial score (nSPS) is 10.6. The number of amides is 1. The molecule has 150 valence electrons. The molecule has 9 nitrogen and oxygen atoms in total. The summed E-state index contributed by atoms with van der Waals surface area (Å²) in [6, 6.07) is 16.6. The summed E-state index contributed by atoms with van der Waals surface area (Å²) in [7, 11) is 1.51. The number of carbonyl (C=O) groups is 1. The zero-order valence-electron chi connectivity index (χ0n) is 15.7. The minimum Gasteiger partial charge on any atom is -0.466 e. The first-order valence-corrected chi connectivity index (χ1v) is 9.64. The van der Waals surface area contributed by atoms with Crippen LogP contribution >= 0.6 is 11.3 Å². The first-order valence-electron chi connectivity index (χ1n) is 8.76. The lowest BCUT2D eigenvalue weighted by atomic mass is 10.2. The lowest BCUT2D eigenvalue weighted by Crippen LogP contribution is -2.12. The van der Waals surface area contributed by atoms with Gasteiger partial charge in [0.25, 0.3) is 11.6 Å². The van der Waals surface area contributed by atoms with Gasteiger partial charge in [-0.25, -0.2) is 4.68 Å². The predicted molar refractivity (Wildman–Crippen MR) is 112 cm³/mol. The number of nitro benzene ring substituents is 1. The van der Waals surface area contributed by atoms with E-state index >= 15 is 0 Å². The molecule has 2 aromatic heterocycles. The first-order chi connectivity index (χ1) is 14.5. The number of hydrogen-bond acceptors (Lipinski definition) is 7. The van der Waals surface area contributed by atoms with Crippen molar-refractivity contribution in [2.24, 2.45) is 0 Å².